The fraction of sp³-hybridized carbons (Fsp3) is 0.500. The molecule has 0 saturated heterocycles. The van der Waals surface area contributed by atoms with Crippen LogP contribution in [0.15, 0.2) is 17.5 Å². The molecule has 0 saturated carbocycles. The lowest BCUT2D eigenvalue weighted by Crippen LogP contribution is -2.26. The smallest absolute Gasteiger partial charge is 0.186 e. The number of ether oxygens (including phenoxy) is 1. The third-order valence-corrected chi connectivity index (χ3v) is 2.65. The molecule has 84 valence electrons. The number of aliphatic hydroxyl groups excluding tert-OH is 1. The minimum Gasteiger partial charge on any atom is -0.394 e. The Bertz CT molecular complexity index is 274. The lowest BCUT2D eigenvalue weighted by molar-refractivity contribution is 0.0908. The van der Waals surface area contributed by atoms with Crippen LogP contribution in [0.1, 0.15) is 9.67 Å². The Morgan fingerprint density at radius 3 is 3.07 bits per heavy atom. The molecule has 0 atom stereocenters. The van der Waals surface area contributed by atoms with Gasteiger partial charge in [-0.2, -0.15) is 0 Å². The second-order valence-corrected chi connectivity index (χ2v) is 3.86. The number of rotatable bonds is 8. The van der Waals surface area contributed by atoms with E-state index in [4.69, 9.17) is 9.84 Å². The number of thiophene rings is 1. The zero-order valence-electron chi connectivity index (χ0n) is 8.44. The van der Waals surface area contributed by atoms with E-state index in [-0.39, 0.29) is 12.4 Å². The van der Waals surface area contributed by atoms with Gasteiger partial charge in [-0.15, -0.1) is 11.3 Å². The third-order valence-electron chi connectivity index (χ3n) is 1.74. The number of Topliss-reactive ketones (excluding diaryl/α,β-unsaturated/α-hetero) is 1. The van der Waals surface area contributed by atoms with Gasteiger partial charge in [0, 0.05) is 6.54 Å². The maximum absolute atomic E-state index is 11.5. The van der Waals surface area contributed by atoms with Crippen LogP contribution < -0.4 is 5.32 Å². The maximum atomic E-state index is 11.5. The van der Waals surface area contributed by atoms with Gasteiger partial charge in [-0.25, -0.2) is 0 Å². The highest BCUT2D eigenvalue weighted by Crippen LogP contribution is 2.08. The average molecular weight is 229 g/mol. The van der Waals surface area contributed by atoms with Gasteiger partial charge in [-0.05, 0) is 11.4 Å². The van der Waals surface area contributed by atoms with Crippen molar-refractivity contribution < 1.29 is 14.6 Å². The number of carbonyl (C=O) groups excluding carboxylic acids is 1. The summed E-state index contributed by atoms with van der Waals surface area (Å²) in [6, 6.07) is 3.68. The third kappa shape index (κ3) is 5.03. The van der Waals surface area contributed by atoms with Gasteiger partial charge in [0.15, 0.2) is 5.78 Å². The number of hydrogen-bond acceptors (Lipinski definition) is 5. The summed E-state index contributed by atoms with van der Waals surface area (Å²) in [7, 11) is 0. The summed E-state index contributed by atoms with van der Waals surface area (Å²) in [6.07, 6.45) is 0. The van der Waals surface area contributed by atoms with E-state index < -0.39 is 0 Å². The average Bonchev–Trinajstić information content (AvgIpc) is 2.76. The van der Waals surface area contributed by atoms with E-state index in [2.05, 4.69) is 5.32 Å². The van der Waals surface area contributed by atoms with Crippen LogP contribution in [0.4, 0.5) is 0 Å². The van der Waals surface area contributed by atoms with Crippen LogP contribution in [0.5, 0.6) is 0 Å². The van der Waals surface area contributed by atoms with E-state index in [9.17, 15) is 4.79 Å². The fourth-order valence-corrected chi connectivity index (χ4v) is 1.70. The molecule has 0 spiro atoms. The first-order valence-electron chi connectivity index (χ1n) is 4.80. The van der Waals surface area contributed by atoms with Crippen LogP contribution in [0, 0.1) is 0 Å². The monoisotopic (exact) mass is 229 g/mol. The van der Waals surface area contributed by atoms with Crippen molar-refractivity contribution in [3.63, 3.8) is 0 Å². The Hall–Kier alpha value is -0.750. The Balaban J connectivity index is 2.03. The van der Waals surface area contributed by atoms with Crippen molar-refractivity contribution in [2.24, 2.45) is 0 Å². The van der Waals surface area contributed by atoms with Crippen molar-refractivity contribution in [2.45, 2.75) is 0 Å². The van der Waals surface area contributed by atoms with E-state index in [0.717, 1.165) is 4.88 Å². The highest BCUT2D eigenvalue weighted by atomic mass is 32.1. The fourth-order valence-electron chi connectivity index (χ4n) is 1.04. The highest BCUT2D eigenvalue weighted by molar-refractivity contribution is 7.12. The van der Waals surface area contributed by atoms with Gasteiger partial charge in [-0.3, -0.25) is 4.79 Å². The standard InChI is InChI=1S/C10H15NO3S/c12-4-6-14-5-3-11-8-9(13)10-2-1-7-15-10/h1-2,7,11-12H,3-6,8H2. The molecule has 0 aliphatic rings. The Labute approximate surface area is 92.9 Å². The number of hydrogen-bond donors (Lipinski definition) is 2. The molecule has 0 aromatic carbocycles. The maximum Gasteiger partial charge on any atom is 0.186 e. The normalized spacial score (nSPS) is 10.5. The summed E-state index contributed by atoms with van der Waals surface area (Å²) in [5.74, 6) is 0.104. The Morgan fingerprint density at radius 2 is 2.40 bits per heavy atom. The van der Waals surface area contributed by atoms with Crippen LogP contribution in [0.2, 0.25) is 0 Å². The first-order valence-corrected chi connectivity index (χ1v) is 5.68. The minimum absolute atomic E-state index is 0.0358. The van der Waals surface area contributed by atoms with Gasteiger partial charge in [0.1, 0.15) is 0 Å². The molecule has 1 heterocycles. The Kier molecular flexibility index (Phi) is 6.18. The van der Waals surface area contributed by atoms with Gasteiger partial charge in [0.05, 0.1) is 31.2 Å². The summed E-state index contributed by atoms with van der Waals surface area (Å²) in [6.45, 7) is 1.85. The second kappa shape index (κ2) is 7.53. The number of aliphatic hydroxyl groups is 1. The molecule has 1 aromatic heterocycles. The van der Waals surface area contributed by atoms with E-state index >= 15 is 0 Å². The molecular formula is C10H15NO3S. The summed E-state index contributed by atoms with van der Waals surface area (Å²) < 4.78 is 5.03. The van der Waals surface area contributed by atoms with Crippen LogP contribution in [0.25, 0.3) is 0 Å². The quantitative estimate of drug-likeness (QED) is 0.504. The van der Waals surface area contributed by atoms with Crippen molar-refractivity contribution in [1.82, 2.24) is 5.32 Å². The lowest BCUT2D eigenvalue weighted by Gasteiger charge is -2.03. The van der Waals surface area contributed by atoms with Crippen molar-refractivity contribution >= 4 is 17.1 Å². The summed E-state index contributed by atoms with van der Waals surface area (Å²) in [4.78, 5) is 12.2. The van der Waals surface area contributed by atoms with E-state index in [1.807, 2.05) is 17.5 Å². The topological polar surface area (TPSA) is 58.6 Å². The molecular weight excluding hydrogens is 214 g/mol. The van der Waals surface area contributed by atoms with Crippen molar-refractivity contribution in [3.8, 4) is 0 Å². The van der Waals surface area contributed by atoms with E-state index in [1.54, 1.807) is 0 Å². The first-order chi connectivity index (χ1) is 7.34. The lowest BCUT2D eigenvalue weighted by atomic mass is 10.3. The van der Waals surface area contributed by atoms with Crippen LogP contribution in [0.3, 0.4) is 0 Å². The minimum atomic E-state index is 0.0358. The molecule has 0 aliphatic carbocycles. The Morgan fingerprint density at radius 1 is 1.53 bits per heavy atom. The molecule has 1 aromatic rings. The SMILES string of the molecule is O=C(CNCCOCCO)c1cccs1. The molecule has 4 nitrogen and oxygen atoms in total. The van der Waals surface area contributed by atoms with Crippen molar-refractivity contribution in [3.05, 3.63) is 22.4 Å². The summed E-state index contributed by atoms with van der Waals surface area (Å²) >= 11 is 1.45. The second-order valence-electron chi connectivity index (χ2n) is 2.91. The van der Waals surface area contributed by atoms with Crippen LogP contribution in [-0.4, -0.2) is 43.8 Å². The van der Waals surface area contributed by atoms with E-state index in [0.29, 0.717) is 26.3 Å². The molecule has 0 radical (unpaired) electrons. The molecule has 1 rings (SSSR count). The van der Waals surface area contributed by atoms with E-state index in [1.165, 1.54) is 11.3 Å². The van der Waals surface area contributed by atoms with Gasteiger partial charge >= 0.3 is 0 Å². The highest BCUT2D eigenvalue weighted by Gasteiger charge is 2.04. The van der Waals surface area contributed by atoms with Gasteiger partial charge in [0.2, 0.25) is 0 Å². The van der Waals surface area contributed by atoms with Crippen molar-refractivity contribution in [1.29, 1.82) is 0 Å². The summed E-state index contributed by atoms with van der Waals surface area (Å²) in [5.41, 5.74) is 0. The van der Waals surface area contributed by atoms with Gasteiger partial charge < -0.3 is 15.2 Å². The molecule has 15 heavy (non-hydrogen) atoms. The molecule has 0 unspecified atom stereocenters. The van der Waals surface area contributed by atoms with Crippen LogP contribution >= 0.6 is 11.3 Å². The molecule has 2 N–H and O–H groups in total. The zero-order valence-corrected chi connectivity index (χ0v) is 9.26. The molecule has 0 amide bonds. The van der Waals surface area contributed by atoms with Crippen molar-refractivity contribution in [2.75, 3.05) is 32.9 Å². The summed E-state index contributed by atoms with van der Waals surface area (Å²) in [5, 5.41) is 13.3. The predicted octanol–water partition coefficient (Wildman–Crippen LogP) is 0.529. The number of carbonyl (C=O) groups is 1. The number of ketones is 1. The van der Waals surface area contributed by atoms with Crippen LogP contribution in [-0.2, 0) is 4.74 Å². The molecule has 0 bridgehead atoms. The predicted molar refractivity (Wildman–Crippen MR) is 59.4 cm³/mol. The van der Waals surface area contributed by atoms with Gasteiger partial charge in [0.25, 0.3) is 0 Å². The number of nitrogens with one attached hydrogen (secondary N) is 1. The molecule has 0 aliphatic heterocycles. The zero-order chi connectivity index (χ0) is 10.9. The first kappa shape index (κ1) is 12.3. The largest absolute Gasteiger partial charge is 0.394 e. The molecule has 0 fully saturated rings. The molecule has 5 heteroatoms. The van der Waals surface area contributed by atoms with Gasteiger partial charge in [-0.1, -0.05) is 6.07 Å².